The van der Waals surface area contributed by atoms with Crippen molar-refractivity contribution in [2.45, 2.75) is 57.9 Å². The normalized spacial score (nSPS) is 12.9. The fourth-order valence-corrected chi connectivity index (χ4v) is 2.74. The molecule has 0 saturated carbocycles. The standard InChI is InChI=1S/C12H24BrN5/c1-3-4-5-6-7-8-9-10(15-14)11-12(13)16-17-18(11)2/h10,15H,3-9,14H2,1-2H3. The Hall–Kier alpha value is -0.460. The fourth-order valence-electron chi connectivity index (χ4n) is 2.14. The molecule has 18 heavy (non-hydrogen) atoms. The van der Waals surface area contributed by atoms with Gasteiger partial charge in [0, 0.05) is 7.05 Å². The van der Waals surface area contributed by atoms with Gasteiger partial charge in [-0.2, -0.15) is 0 Å². The molecule has 1 rings (SSSR count). The highest BCUT2D eigenvalue weighted by Crippen LogP contribution is 2.24. The molecule has 0 saturated heterocycles. The molecule has 6 heteroatoms. The van der Waals surface area contributed by atoms with E-state index in [1.54, 1.807) is 4.68 Å². The summed E-state index contributed by atoms with van der Waals surface area (Å²) in [5, 5.41) is 7.97. The Bertz CT molecular complexity index is 320. The van der Waals surface area contributed by atoms with Crippen LogP contribution >= 0.6 is 15.9 Å². The largest absolute Gasteiger partial charge is 0.271 e. The van der Waals surface area contributed by atoms with E-state index in [-0.39, 0.29) is 6.04 Å². The number of nitrogens with zero attached hydrogens (tertiary/aromatic N) is 3. The van der Waals surface area contributed by atoms with Crippen LogP contribution in [0.25, 0.3) is 0 Å². The molecular formula is C12H24BrN5. The molecule has 104 valence electrons. The van der Waals surface area contributed by atoms with Crippen LogP contribution in [0.3, 0.4) is 0 Å². The Morgan fingerprint density at radius 3 is 2.50 bits per heavy atom. The van der Waals surface area contributed by atoms with Gasteiger partial charge in [0.2, 0.25) is 0 Å². The van der Waals surface area contributed by atoms with Crippen molar-refractivity contribution in [2.24, 2.45) is 12.9 Å². The zero-order chi connectivity index (χ0) is 13.4. The van der Waals surface area contributed by atoms with E-state index in [1.165, 1.54) is 38.5 Å². The first-order valence-electron chi connectivity index (χ1n) is 6.71. The molecule has 0 aliphatic carbocycles. The van der Waals surface area contributed by atoms with E-state index < -0.39 is 0 Å². The lowest BCUT2D eigenvalue weighted by Gasteiger charge is -2.15. The van der Waals surface area contributed by atoms with Gasteiger partial charge < -0.3 is 0 Å². The lowest BCUT2D eigenvalue weighted by molar-refractivity contribution is 0.450. The second kappa shape index (κ2) is 8.61. The van der Waals surface area contributed by atoms with Gasteiger partial charge in [-0.1, -0.05) is 50.7 Å². The molecule has 0 bridgehead atoms. The minimum Gasteiger partial charge on any atom is -0.271 e. The predicted molar refractivity (Wildman–Crippen MR) is 76.8 cm³/mol. The quantitative estimate of drug-likeness (QED) is 0.417. The molecule has 1 heterocycles. The van der Waals surface area contributed by atoms with Crippen molar-refractivity contribution in [1.29, 1.82) is 0 Å². The van der Waals surface area contributed by atoms with Crippen LogP contribution in [-0.2, 0) is 7.05 Å². The van der Waals surface area contributed by atoms with Crippen LogP contribution in [0, 0.1) is 0 Å². The van der Waals surface area contributed by atoms with E-state index in [9.17, 15) is 0 Å². The number of hydrazine groups is 1. The molecule has 1 unspecified atom stereocenters. The number of rotatable bonds is 9. The number of aromatic nitrogens is 3. The van der Waals surface area contributed by atoms with Crippen LogP contribution in [0.15, 0.2) is 4.60 Å². The summed E-state index contributed by atoms with van der Waals surface area (Å²) in [7, 11) is 1.89. The van der Waals surface area contributed by atoms with Crippen molar-refractivity contribution >= 4 is 15.9 Å². The molecule has 0 fully saturated rings. The Labute approximate surface area is 118 Å². The molecule has 0 radical (unpaired) electrons. The van der Waals surface area contributed by atoms with Gasteiger partial charge in [0.05, 0.1) is 11.7 Å². The fraction of sp³-hybridized carbons (Fsp3) is 0.833. The van der Waals surface area contributed by atoms with Gasteiger partial charge >= 0.3 is 0 Å². The Morgan fingerprint density at radius 2 is 1.94 bits per heavy atom. The average Bonchev–Trinajstić information content (AvgIpc) is 2.69. The zero-order valence-electron chi connectivity index (χ0n) is 11.3. The van der Waals surface area contributed by atoms with Crippen LogP contribution in [-0.4, -0.2) is 15.0 Å². The molecule has 0 spiro atoms. The maximum atomic E-state index is 5.62. The summed E-state index contributed by atoms with van der Waals surface area (Å²) in [4.78, 5) is 0. The highest BCUT2D eigenvalue weighted by Gasteiger charge is 2.18. The maximum Gasteiger partial charge on any atom is 0.153 e. The van der Waals surface area contributed by atoms with Crippen LogP contribution in [0.5, 0.6) is 0 Å². The van der Waals surface area contributed by atoms with Crippen molar-refractivity contribution in [3.63, 3.8) is 0 Å². The topological polar surface area (TPSA) is 68.8 Å². The lowest BCUT2D eigenvalue weighted by atomic mass is 10.0. The van der Waals surface area contributed by atoms with Crippen LogP contribution in [0.4, 0.5) is 0 Å². The van der Waals surface area contributed by atoms with E-state index in [1.807, 2.05) is 7.05 Å². The third-order valence-electron chi connectivity index (χ3n) is 3.20. The summed E-state index contributed by atoms with van der Waals surface area (Å²) in [5.74, 6) is 5.62. The monoisotopic (exact) mass is 317 g/mol. The maximum absolute atomic E-state index is 5.62. The number of unbranched alkanes of at least 4 members (excludes halogenated alkanes) is 5. The third-order valence-corrected chi connectivity index (χ3v) is 3.77. The first kappa shape index (κ1) is 15.6. The summed E-state index contributed by atoms with van der Waals surface area (Å²) in [6.45, 7) is 2.24. The van der Waals surface area contributed by atoms with Gasteiger partial charge in [-0.15, -0.1) is 5.10 Å². The van der Waals surface area contributed by atoms with E-state index in [0.717, 1.165) is 16.7 Å². The van der Waals surface area contributed by atoms with Gasteiger partial charge in [0.25, 0.3) is 0 Å². The van der Waals surface area contributed by atoms with Gasteiger partial charge in [-0.05, 0) is 22.4 Å². The highest BCUT2D eigenvalue weighted by molar-refractivity contribution is 9.10. The average molecular weight is 318 g/mol. The number of nitrogens with one attached hydrogen (secondary N) is 1. The first-order chi connectivity index (χ1) is 8.70. The summed E-state index contributed by atoms with van der Waals surface area (Å²) in [6.07, 6.45) is 8.75. The number of hydrogen-bond acceptors (Lipinski definition) is 4. The molecule has 5 nitrogen and oxygen atoms in total. The lowest BCUT2D eigenvalue weighted by Crippen LogP contribution is -2.29. The summed E-state index contributed by atoms with van der Waals surface area (Å²) in [6, 6.07) is 0.116. The smallest absolute Gasteiger partial charge is 0.153 e. The summed E-state index contributed by atoms with van der Waals surface area (Å²) in [5.41, 5.74) is 3.88. The van der Waals surface area contributed by atoms with Crippen LogP contribution in [0.2, 0.25) is 0 Å². The highest BCUT2D eigenvalue weighted by atomic mass is 79.9. The molecule has 0 aliphatic rings. The molecule has 0 aromatic carbocycles. The SMILES string of the molecule is CCCCCCCCC(NN)c1c(Br)nnn1C. The Kier molecular flexibility index (Phi) is 7.46. The minimum absolute atomic E-state index is 0.116. The third kappa shape index (κ3) is 4.66. The van der Waals surface area contributed by atoms with Crippen LogP contribution in [0.1, 0.15) is 63.6 Å². The molecule has 0 amide bonds. The van der Waals surface area contributed by atoms with E-state index in [4.69, 9.17) is 5.84 Å². The Balaban J connectivity index is 2.34. The molecular weight excluding hydrogens is 294 g/mol. The molecule has 1 aromatic rings. The number of nitrogens with two attached hydrogens (primary N) is 1. The molecule has 1 aromatic heterocycles. The molecule has 0 aliphatic heterocycles. The summed E-state index contributed by atoms with van der Waals surface area (Å²) >= 11 is 3.41. The zero-order valence-corrected chi connectivity index (χ0v) is 12.9. The second-order valence-electron chi connectivity index (χ2n) is 4.66. The molecule has 3 N–H and O–H groups in total. The van der Waals surface area contributed by atoms with Gasteiger partial charge in [0.1, 0.15) is 0 Å². The van der Waals surface area contributed by atoms with Crippen molar-refractivity contribution < 1.29 is 0 Å². The van der Waals surface area contributed by atoms with Crippen molar-refractivity contribution in [2.75, 3.05) is 0 Å². The molecule has 1 atom stereocenters. The number of hydrogen-bond donors (Lipinski definition) is 2. The van der Waals surface area contributed by atoms with Gasteiger partial charge in [0.15, 0.2) is 4.60 Å². The van der Waals surface area contributed by atoms with Gasteiger partial charge in [-0.3, -0.25) is 11.3 Å². The van der Waals surface area contributed by atoms with Gasteiger partial charge in [-0.25, -0.2) is 4.68 Å². The number of halogens is 1. The minimum atomic E-state index is 0.116. The second-order valence-corrected chi connectivity index (χ2v) is 5.42. The first-order valence-corrected chi connectivity index (χ1v) is 7.51. The predicted octanol–water partition coefficient (Wildman–Crippen LogP) is 2.83. The van der Waals surface area contributed by atoms with Crippen molar-refractivity contribution in [1.82, 2.24) is 20.4 Å². The summed E-state index contributed by atoms with van der Waals surface area (Å²) < 4.78 is 2.55. The van der Waals surface area contributed by atoms with Crippen molar-refractivity contribution in [3.8, 4) is 0 Å². The van der Waals surface area contributed by atoms with E-state index in [2.05, 4.69) is 38.6 Å². The van der Waals surface area contributed by atoms with E-state index in [0.29, 0.717) is 0 Å². The number of aryl methyl sites for hydroxylation is 1. The van der Waals surface area contributed by atoms with Crippen LogP contribution < -0.4 is 11.3 Å². The van der Waals surface area contributed by atoms with Crippen molar-refractivity contribution in [3.05, 3.63) is 10.3 Å². The Morgan fingerprint density at radius 1 is 1.28 bits per heavy atom. The van der Waals surface area contributed by atoms with E-state index >= 15 is 0 Å².